The molecule has 1 aromatic carbocycles. The van der Waals surface area contributed by atoms with Crippen molar-refractivity contribution in [1.29, 1.82) is 0 Å². The molecule has 1 aromatic rings. The summed E-state index contributed by atoms with van der Waals surface area (Å²) < 4.78 is 0. The van der Waals surface area contributed by atoms with Gasteiger partial charge in [0.25, 0.3) is 5.91 Å². The Morgan fingerprint density at radius 2 is 1.84 bits per heavy atom. The summed E-state index contributed by atoms with van der Waals surface area (Å²) in [6, 6.07) is 4.63. The van der Waals surface area contributed by atoms with Crippen LogP contribution in [0.1, 0.15) is 37.0 Å². The number of benzene rings is 1. The maximum absolute atomic E-state index is 12.1. The molecular formula is C14H20N2O3. The predicted molar refractivity (Wildman–Crippen MR) is 72.3 cm³/mol. The largest absolute Gasteiger partial charge is 0.508 e. The van der Waals surface area contributed by atoms with Crippen molar-refractivity contribution in [3.05, 3.63) is 23.8 Å². The summed E-state index contributed by atoms with van der Waals surface area (Å²) in [6.07, 6.45) is 1.94. The van der Waals surface area contributed by atoms with E-state index in [0.29, 0.717) is 6.04 Å². The maximum Gasteiger partial charge on any atom is 0.251 e. The highest BCUT2D eigenvalue weighted by Crippen LogP contribution is 2.21. The molecule has 3 unspecified atom stereocenters. The third-order valence-corrected chi connectivity index (χ3v) is 3.54. The van der Waals surface area contributed by atoms with Gasteiger partial charge in [-0.1, -0.05) is 0 Å². The van der Waals surface area contributed by atoms with Crippen molar-refractivity contribution in [1.82, 2.24) is 10.6 Å². The van der Waals surface area contributed by atoms with Gasteiger partial charge in [0, 0.05) is 29.8 Å². The van der Waals surface area contributed by atoms with Crippen LogP contribution in [0.15, 0.2) is 18.2 Å². The van der Waals surface area contributed by atoms with Gasteiger partial charge in [-0.15, -0.1) is 0 Å². The average Bonchev–Trinajstić information content (AvgIpc) is 2.31. The van der Waals surface area contributed by atoms with Gasteiger partial charge in [0.05, 0.1) is 0 Å². The molecular weight excluding hydrogens is 244 g/mol. The van der Waals surface area contributed by atoms with Crippen molar-refractivity contribution in [3.8, 4) is 11.5 Å². The highest BCUT2D eigenvalue weighted by molar-refractivity contribution is 5.95. The number of carbonyl (C=O) groups excluding carboxylic acids is 1. The number of nitrogens with one attached hydrogen (secondary N) is 2. The molecule has 0 bridgehead atoms. The van der Waals surface area contributed by atoms with Crippen LogP contribution in [0.4, 0.5) is 0 Å². The maximum atomic E-state index is 12.1. The number of rotatable bonds is 2. The Hall–Kier alpha value is -1.75. The monoisotopic (exact) mass is 264 g/mol. The molecule has 1 aliphatic rings. The molecule has 1 saturated heterocycles. The van der Waals surface area contributed by atoms with Crippen molar-refractivity contribution in [3.63, 3.8) is 0 Å². The summed E-state index contributed by atoms with van der Waals surface area (Å²) in [6.45, 7) is 4.17. The Labute approximate surface area is 112 Å². The number of aromatic hydroxyl groups is 2. The number of hydrogen-bond acceptors (Lipinski definition) is 4. The highest BCUT2D eigenvalue weighted by atomic mass is 16.3. The first-order chi connectivity index (χ1) is 8.95. The van der Waals surface area contributed by atoms with Crippen molar-refractivity contribution in [2.75, 3.05) is 0 Å². The lowest BCUT2D eigenvalue weighted by molar-refractivity contribution is 0.0913. The quantitative estimate of drug-likeness (QED) is 0.650. The second kappa shape index (κ2) is 5.48. The van der Waals surface area contributed by atoms with Crippen LogP contribution < -0.4 is 10.6 Å². The number of piperidine rings is 1. The Morgan fingerprint density at radius 3 is 2.42 bits per heavy atom. The zero-order chi connectivity index (χ0) is 14.0. The first kappa shape index (κ1) is 13.7. The second-order valence-electron chi connectivity index (χ2n) is 5.25. The third-order valence-electron chi connectivity index (χ3n) is 3.54. The molecule has 19 heavy (non-hydrogen) atoms. The summed E-state index contributed by atoms with van der Waals surface area (Å²) in [4.78, 5) is 12.1. The normalized spacial score (nSPS) is 26.9. The summed E-state index contributed by atoms with van der Waals surface area (Å²) >= 11 is 0. The molecule has 0 saturated carbocycles. The highest BCUT2D eigenvalue weighted by Gasteiger charge is 2.26. The van der Waals surface area contributed by atoms with Gasteiger partial charge < -0.3 is 20.8 Å². The van der Waals surface area contributed by atoms with E-state index in [0.717, 1.165) is 12.8 Å². The summed E-state index contributed by atoms with van der Waals surface area (Å²) in [5.41, 5.74) is 0.267. The molecule has 5 heteroatoms. The van der Waals surface area contributed by atoms with Crippen molar-refractivity contribution in [2.45, 2.75) is 44.8 Å². The minimum absolute atomic E-state index is 0.0631. The summed E-state index contributed by atoms with van der Waals surface area (Å²) in [5.74, 6) is -0.512. The van der Waals surface area contributed by atoms with Crippen LogP contribution in [0.5, 0.6) is 11.5 Å². The molecule has 3 atom stereocenters. The van der Waals surface area contributed by atoms with Gasteiger partial charge in [-0.3, -0.25) is 4.79 Å². The van der Waals surface area contributed by atoms with E-state index in [-0.39, 0.29) is 35.1 Å². The third kappa shape index (κ3) is 3.38. The van der Waals surface area contributed by atoms with Crippen molar-refractivity contribution in [2.24, 2.45) is 0 Å². The fraction of sp³-hybridized carbons (Fsp3) is 0.500. The smallest absolute Gasteiger partial charge is 0.251 e. The van der Waals surface area contributed by atoms with Gasteiger partial charge in [-0.2, -0.15) is 0 Å². The topological polar surface area (TPSA) is 81.6 Å². The van der Waals surface area contributed by atoms with Gasteiger partial charge in [-0.25, -0.2) is 0 Å². The summed E-state index contributed by atoms with van der Waals surface area (Å²) in [5, 5.41) is 25.1. The molecule has 0 radical (unpaired) electrons. The molecule has 1 fully saturated rings. The van der Waals surface area contributed by atoms with Crippen LogP contribution in [0.25, 0.3) is 0 Å². The van der Waals surface area contributed by atoms with Crippen LogP contribution >= 0.6 is 0 Å². The van der Waals surface area contributed by atoms with E-state index < -0.39 is 0 Å². The van der Waals surface area contributed by atoms with Gasteiger partial charge in [0.2, 0.25) is 0 Å². The van der Waals surface area contributed by atoms with Gasteiger partial charge in [0.15, 0.2) is 0 Å². The Bertz CT molecular complexity index is 456. The molecule has 2 rings (SSSR count). The van der Waals surface area contributed by atoms with E-state index in [1.54, 1.807) is 0 Å². The zero-order valence-corrected chi connectivity index (χ0v) is 11.2. The van der Waals surface area contributed by atoms with Crippen LogP contribution in [-0.4, -0.2) is 34.2 Å². The van der Waals surface area contributed by atoms with Gasteiger partial charge in [-0.05, 0) is 38.8 Å². The second-order valence-corrected chi connectivity index (χ2v) is 5.25. The van der Waals surface area contributed by atoms with Crippen molar-refractivity contribution >= 4 is 5.91 Å². The average molecular weight is 264 g/mol. The van der Waals surface area contributed by atoms with Gasteiger partial charge in [0.1, 0.15) is 11.5 Å². The van der Waals surface area contributed by atoms with Crippen LogP contribution in [0.2, 0.25) is 0 Å². The molecule has 0 spiro atoms. The number of phenols is 2. The first-order valence-electron chi connectivity index (χ1n) is 6.55. The van der Waals surface area contributed by atoms with E-state index in [9.17, 15) is 15.0 Å². The van der Waals surface area contributed by atoms with E-state index in [4.69, 9.17) is 0 Å². The molecule has 1 heterocycles. The molecule has 1 aliphatic heterocycles. The zero-order valence-electron chi connectivity index (χ0n) is 11.2. The van der Waals surface area contributed by atoms with E-state index in [1.165, 1.54) is 18.2 Å². The molecule has 1 amide bonds. The number of hydrogen-bond donors (Lipinski definition) is 4. The van der Waals surface area contributed by atoms with Crippen LogP contribution in [0.3, 0.4) is 0 Å². The fourth-order valence-corrected chi connectivity index (χ4v) is 2.50. The first-order valence-corrected chi connectivity index (χ1v) is 6.55. The molecule has 0 aliphatic carbocycles. The number of amides is 1. The minimum atomic E-state index is -0.278. The lowest BCUT2D eigenvalue weighted by Gasteiger charge is -2.34. The minimum Gasteiger partial charge on any atom is -0.508 e. The predicted octanol–water partition coefficient (Wildman–Crippen LogP) is 1.36. The number of phenolic OH excluding ortho intramolecular Hbond substituents is 2. The molecule has 5 nitrogen and oxygen atoms in total. The SMILES string of the molecule is CC1CCC(NC(=O)c2cc(O)cc(O)c2)C(C)N1. The Balaban J connectivity index is 2.04. The van der Waals surface area contributed by atoms with Crippen LogP contribution in [-0.2, 0) is 0 Å². The fourth-order valence-electron chi connectivity index (χ4n) is 2.50. The molecule has 4 N–H and O–H groups in total. The van der Waals surface area contributed by atoms with Gasteiger partial charge >= 0.3 is 0 Å². The van der Waals surface area contributed by atoms with Crippen molar-refractivity contribution < 1.29 is 15.0 Å². The van der Waals surface area contributed by atoms with E-state index in [1.807, 2.05) is 6.92 Å². The van der Waals surface area contributed by atoms with E-state index in [2.05, 4.69) is 17.6 Å². The Kier molecular flexibility index (Phi) is 3.95. The van der Waals surface area contributed by atoms with E-state index >= 15 is 0 Å². The Morgan fingerprint density at radius 1 is 1.21 bits per heavy atom. The van der Waals surface area contributed by atoms with Crippen LogP contribution in [0, 0.1) is 0 Å². The number of carbonyl (C=O) groups is 1. The lowest BCUT2D eigenvalue weighted by Crippen LogP contribution is -2.54. The standard InChI is InChI=1S/C14H20N2O3/c1-8-3-4-13(9(2)15-8)16-14(19)10-5-11(17)7-12(18)6-10/h5-9,13,15,17-18H,3-4H2,1-2H3,(H,16,19). The molecule has 0 aromatic heterocycles. The summed E-state index contributed by atoms with van der Waals surface area (Å²) in [7, 11) is 0. The lowest BCUT2D eigenvalue weighted by atomic mass is 9.95. The molecule has 104 valence electrons.